The fourth-order valence-corrected chi connectivity index (χ4v) is 1.03. The predicted molar refractivity (Wildman–Crippen MR) is 28.6 cm³/mol. The summed E-state index contributed by atoms with van der Waals surface area (Å²) in [7, 11) is -3.97. The van der Waals surface area contributed by atoms with E-state index in [1.165, 1.54) is 6.92 Å². The van der Waals surface area contributed by atoms with Crippen LogP contribution in [0, 0.1) is 0 Å². The maximum Gasteiger partial charge on any atom is 0.328 e. The van der Waals surface area contributed by atoms with Gasteiger partial charge in [-0.25, -0.2) is 0 Å². The van der Waals surface area contributed by atoms with Crippen molar-refractivity contribution in [3.63, 3.8) is 0 Å². The SMILES string of the molecule is CC(O)CP(=O)(O)O. The van der Waals surface area contributed by atoms with Crippen LogP contribution in [0.25, 0.3) is 0 Å². The van der Waals surface area contributed by atoms with E-state index in [2.05, 4.69) is 0 Å². The lowest BCUT2D eigenvalue weighted by atomic mass is 10.5. The number of rotatable bonds is 2. The van der Waals surface area contributed by atoms with Crippen LogP contribution in [0.15, 0.2) is 0 Å². The topological polar surface area (TPSA) is 77.8 Å². The lowest BCUT2D eigenvalue weighted by Gasteiger charge is -2.03. The second-order valence-corrected chi connectivity index (χ2v) is 3.39. The number of hydrogen-bond acceptors (Lipinski definition) is 2. The maximum atomic E-state index is 9.98. The van der Waals surface area contributed by atoms with Crippen LogP contribution in [-0.4, -0.2) is 27.2 Å². The molecule has 0 saturated carbocycles. The van der Waals surface area contributed by atoms with Crippen molar-refractivity contribution in [2.75, 3.05) is 6.16 Å². The summed E-state index contributed by atoms with van der Waals surface area (Å²) in [5, 5.41) is 8.40. The highest BCUT2D eigenvalue weighted by Crippen LogP contribution is 2.34. The van der Waals surface area contributed by atoms with E-state index in [4.69, 9.17) is 14.9 Å². The van der Waals surface area contributed by atoms with Gasteiger partial charge in [-0.05, 0) is 6.92 Å². The first kappa shape index (κ1) is 8.11. The molecule has 1 unspecified atom stereocenters. The summed E-state index contributed by atoms with van der Waals surface area (Å²) in [6, 6.07) is 0. The Labute approximate surface area is 47.3 Å². The Morgan fingerprint density at radius 1 is 1.62 bits per heavy atom. The van der Waals surface area contributed by atoms with E-state index in [-0.39, 0.29) is 0 Å². The molecule has 0 aliphatic heterocycles. The van der Waals surface area contributed by atoms with Crippen LogP contribution in [0.2, 0.25) is 0 Å². The molecule has 0 aliphatic rings. The molecule has 0 heterocycles. The third-order valence-corrected chi connectivity index (χ3v) is 1.51. The van der Waals surface area contributed by atoms with Crippen LogP contribution in [0.4, 0.5) is 0 Å². The average molecular weight is 140 g/mol. The van der Waals surface area contributed by atoms with Crippen molar-refractivity contribution in [3.05, 3.63) is 0 Å². The summed E-state index contributed by atoms with van der Waals surface area (Å²) in [5.74, 6) is 0. The van der Waals surface area contributed by atoms with Crippen molar-refractivity contribution in [2.45, 2.75) is 13.0 Å². The van der Waals surface area contributed by atoms with E-state index in [9.17, 15) is 4.57 Å². The zero-order chi connectivity index (χ0) is 6.78. The molecule has 0 saturated heterocycles. The van der Waals surface area contributed by atoms with Gasteiger partial charge in [0, 0.05) is 0 Å². The molecule has 5 heteroatoms. The summed E-state index contributed by atoms with van der Waals surface area (Å²) in [4.78, 5) is 16.3. The quantitative estimate of drug-likeness (QED) is 0.454. The molecule has 0 rings (SSSR count). The van der Waals surface area contributed by atoms with Gasteiger partial charge in [0.15, 0.2) is 0 Å². The van der Waals surface area contributed by atoms with Crippen molar-refractivity contribution in [1.29, 1.82) is 0 Å². The molecular weight excluding hydrogens is 131 g/mol. The summed E-state index contributed by atoms with van der Waals surface area (Å²) >= 11 is 0. The average Bonchev–Trinajstić information content (AvgIpc) is 1.21. The lowest BCUT2D eigenvalue weighted by molar-refractivity contribution is 0.208. The molecule has 1 atom stereocenters. The molecule has 0 radical (unpaired) electrons. The molecule has 0 bridgehead atoms. The smallest absolute Gasteiger partial charge is 0.328 e. The molecule has 8 heavy (non-hydrogen) atoms. The van der Waals surface area contributed by atoms with Crippen LogP contribution in [0.5, 0.6) is 0 Å². The van der Waals surface area contributed by atoms with Crippen LogP contribution >= 0.6 is 7.60 Å². The predicted octanol–water partition coefficient (Wildman–Crippen LogP) is -0.455. The fraction of sp³-hybridized carbons (Fsp3) is 1.00. The van der Waals surface area contributed by atoms with Gasteiger partial charge in [-0.3, -0.25) is 4.57 Å². The largest absolute Gasteiger partial charge is 0.393 e. The second-order valence-electron chi connectivity index (χ2n) is 1.70. The Bertz CT molecular complexity index is 104. The van der Waals surface area contributed by atoms with Gasteiger partial charge in [-0.2, -0.15) is 0 Å². The molecule has 0 spiro atoms. The van der Waals surface area contributed by atoms with E-state index < -0.39 is 19.9 Å². The van der Waals surface area contributed by atoms with Gasteiger partial charge < -0.3 is 14.9 Å². The highest BCUT2D eigenvalue weighted by atomic mass is 31.2. The summed E-state index contributed by atoms with van der Waals surface area (Å²) in [5.41, 5.74) is 0. The first-order valence-corrected chi connectivity index (χ1v) is 3.94. The zero-order valence-electron chi connectivity index (χ0n) is 4.48. The molecule has 0 aliphatic carbocycles. The van der Waals surface area contributed by atoms with Gasteiger partial charge in [-0.1, -0.05) is 0 Å². The van der Waals surface area contributed by atoms with Crippen molar-refractivity contribution < 1.29 is 19.5 Å². The monoisotopic (exact) mass is 140 g/mol. The maximum absolute atomic E-state index is 9.98. The van der Waals surface area contributed by atoms with Crippen LogP contribution < -0.4 is 0 Å². The molecule has 4 nitrogen and oxygen atoms in total. The Balaban J connectivity index is 3.56. The van der Waals surface area contributed by atoms with Gasteiger partial charge >= 0.3 is 7.60 Å². The Morgan fingerprint density at radius 2 is 2.00 bits per heavy atom. The van der Waals surface area contributed by atoms with Crippen LogP contribution in [-0.2, 0) is 4.57 Å². The first-order chi connectivity index (χ1) is 3.42. The molecule has 0 aromatic heterocycles. The minimum Gasteiger partial charge on any atom is -0.393 e. The van der Waals surface area contributed by atoms with Crippen LogP contribution in [0.1, 0.15) is 6.92 Å². The fourth-order valence-electron chi connectivity index (χ4n) is 0.344. The highest BCUT2D eigenvalue weighted by molar-refractivity contribution is 7.51. The van der Waals surface area contributed by atoms with Gasteiger partial charge in [0.25, 0.3) is 0 Å². The van der Waals surface area contributed by atoms with E-state index >= 15 is 0 Å². The summed E-state index contributed by atoms with van der Waals surface area (Å²) < 4.78 is 9.98. The second kappa shape index (κ2) is 2.60. The van der Waals surface area contributed by atoms with Crippen molar-refractivity contribution in [3.8, 4) is 0 Å². The van der Waals surface area contributed by atoms with Gasteiger partial charge in [-0.15, -0.1) is 0 Å². The molecule has 3 N–H and O–H groups in total. The number of aliphatic hydroxyl groups excluding tert-OH is 1. The van der Waals surface area contributed by atoms with E-state index in [1.807, 2.05) is 0 Å². The lowest BCUT2D eigenvalue weighted by Crippen LogP contribution is -2.06. The summed E-state index contributed by atoms with van der Waals surface area (Å²) in [6.45, 7) is 1.33. The Hall–Kier alpha value is 0.110. The van der Waals surface area contributed by atoms with Gasteiger partial charge in [0.1, 0.15) is 0 Å². The molecule has 0 amide bonds. The van der Waals surface area contributed by atoms with Crippen molar-refractivity contribution in [2.24, 2.45) is 0 Å². The normalized spacial score (nSPS) is 16.0. The van der Waals surface area contributed by atoms with Crippen LogP contribution in [0.3, 0.4) is 0 Å². The zero-order valence-corrected chi connectivity index (χ0v) is 5.38. The first-order valence-electron chi connectivity index (χ1n) is 2.14. The molecule has 0 aromatic carbocycles. The minimum absolute atomic E-state index is 0.451. The molecule has 50 valence electrons. The van der Waals surface area contributed by atoms with E-state index in [0.29, 0.717) is 0 Å². The number of aliphatic hydroxyl groups is 1. The summed E-state index contributed by atoms with van der Waals surface area (Å²) in [6.07, 6.45) is -1.37. The molecular formula is C3H9O4P. The molecule has 0 aromatic rings. The third-order valence-electron chi connectivity index (χ3n) is 0.502. The Morgan fingerprint density at radius 3 is 2.00 bits per heavy atom. The van der Waals surface area contributed by atoms with E-state index in [1.54, 1.807) is 0 Å². The van der Waals surface area contributed by atoms with Crippen molar-refractivity contribution >= 4 is 7.60 Å². The van der Waals surface area contributed by atoms with Gasteiger partial charge in [0.2, 0.25) is 0 Å². The van der Waals surface area contributed by atoms with Gasteiger partial charge in [0.05, 0.1) is 12.3 Å². The highest BCUT2D eigenvalue weighted by Gasteiger charge is 2.15. The minimum atomic E-state index is -3.97. The Kier molecular flexibility index (Phi) is 2.63. The number of hydrogen-bond donors (Lipinski definition) is 3. The molecule has 0 fully saturated rings. The standard InChI is InChI=1S/C3H9O4P/c1-3(4)2-8(5,6)7/h3-4H,2H2,1H3,(H2,5,6,7). The van der Waals surface area contributed by atoms with E-state index in [0.717, 1.165) is 0 Å². The van der Waals surface area contributed by atoms with Crippen molar-refractivity contribution in [1.82, 2.24) is 0 Å². The third kappa shape index (κ3) is 6.11.